The lowest BCUT2D eigenvalue weighted by molar-refractivity contribution is 0.101. The highest BCUT2D eigenvalue weighted by Gasteiger charge is 2.19. The van der Waals surface area contributed by atoms with E-state index in [1.807, 2.05) is 6.07 Å². The van der Waals surface area contributed by atoms with E-state index in [2.05, 4.69) is 20.6 Å². The molecule has 2 aromatic heterocycles. The summed E-state index contributed by atoms with van der Waals surface area (Å²) in [6.45, 7) is 2.48. The Bertz CT molecular complexity index is 1130. The van der Waals surface area contributed by atoms with Crippen LogP contribution in [0.25, 0.3) is 0 Å². The Kier molecular flexibility index (Phi) is 4.95. The molecule has 0 aliphatic carbocycles. The van der Waals surface area contributed by atoms with E-state index in [0.29, 0.717) is 35.2 Å². The molecule has 4 rings (SSSR count). The van der Waals surface area contributed by atoms with E-state index in [-0.39, 0.29) is 10.7 Å². The van der Waals surface area contributed by atoms with Gasteiger partial charge in [-0.25, -0.2) is 14.4 Å². The van der Waals surface area contributed by atoms with E-state index < -0.39 is 17.6 Å². The number of aryl methyl sites for hydroxylation is 1. The van der Waals surface area contributed by atoms with Crippen LogP contribution in [0.3, 0.4) is 0 Å². The largest absolute Gasteiger partial charge is 0.375 e. The molecule has 1 aliphatic rings. The van der Waals surface area contributed by atoms with Gasteiger partial charge in [0, 0.05) is 11.3 Å². The van der Waals surface area contributed by atoms with Crippen LogP contribution in [0.1, 0.15) is 36.9 Å². The number of rotatable bonds is 4. The standard InChI is InChI=1S/C19H16FN5O3S/c1-9-4-12(20)11(5-13(9)24-18(27)15-6-22-19(21)29-15)17(26)25-16-3-2-10-7-28-8-14(10)23-16/h2-6H,7-8H2,1H3,(H2,21,22)(H,24,27)(H,23,25,26). The molecule has 1 aromatic carbocycles. The van der Waals surface area contributed by atoms with Crippen LogP contribution in [0.4, 0.5) is 21.0 Å². The van der Waals surface area contributed by atoms with Gasteiger partial charge >= 0.3 is 0 Å². The van der Waals surface area contributed by atoms with Crippen LogP contribution < -0.4 is 16.4 Å². The van der Waals surface area contributed by atoms with Crippen molar-refractivity contribution in [3.63, 3.8) is 0 Å². The molecule has 3 aromatic rings. The lowest BCUT2D eigenvalue weighted by atomic mass is 10.1. The Morgan fingerprint density at radius 1 is 1.21 bits per heavy atom. The number of ether oxygens (including phenoxy) is 1. The third-order valence-electron chi connectivity index (χ3n) is 4.36. The molecule has 0 spiro atoms. The molecular formula is C19H16FN5O3S. The molecule has 0 radical (unpaired) electrons. The second-order valence-corrected chi connectivity index (χ2v) is 7.48. The van der Waals surface area contributed by atoms with Gasteiger partial charge in [0.05, 0.1) is 30.7 Å². The monoisotopic (exact) mass is 413 g/mol. The Labute approximate surface area is 168 Å². The number of halogens is 1. The molecule has 10 heteroatoms. The maximum absolute atomic E-state index is 14.4. The maximum Gasteiger partial charge on any atom is 0.267 e. The van der Waals surface area contributed by atoms with E-state index in [1.54, 1.807) is 13.0 Å². The summed E-state index contributed by atoms with van der Waals surface area (Å²) in [5, 5.41) is 5.50. The average Bonchev–Trinajstić information content (AvgIpc) is 3.32. The molecule has 4 N–H and O–H groups in total. The smallest absolute Gasteiger partial charge is 0.267 e. The van der Waals surface area contributed by atoms with E-state index in [1.165, 1.54) is 18.3 Å². The van der Waals surface area contributed by atoms with Crippen LogP contribution in [0.5, 0.6) is 0 Å². The van der Waals surface area contributed by atoms with Crippen molar-refractivity contribution in [1.29, 1.82) is 0 Å². The molecule has 1 aliphatic heterocycles. The van der Waals surface area contributed by atoms with Gasteiger partial charge in [-0.05, 0) is 30.7 Å². The fourth-order valence-electron chi connectivity index (χ4n) is 2.86. The first-order valence-electron chi connectivity index (χ1n) is 8.61. The molecule has 3 heterocycles. The number of benzene rings is 1. The van der Waals surface area contributed by atoms with Gasteiger partial charge in [0.25, 0.3) is 11.8 Å². The number of nitrogens with zero attached hydrogens (tertiary/aromatic N) is 2. The van der Waals surface area contributed by atoms with Crippen molar-refractivity contribution in [2.45, 2.75) is 20.1 Å². The van der Waals surface area contributed by atoms with Crippen molar-refractivity contribution >= 4 is 39.8 Å². The summed E-state index contributed by atoms with van der Waals surface area (Å²) in [5.74, 6) is -1.53. The molecule has 8 nitrogen and oxygen atoms in total. The SMILES string of the molecule is Cc1cc(F)c(C(=O)Nc2ccc3c(n2)COC3)cc1NC(=O)c1cnc(N)s1. The van der Waals surface area contributed by atoms with Crippen molar-refractivity contribution < 1.29 is 18.7 Å². The minimum Gasteiger partial charge on any atom is -0.375 e. The molecule has 148 valence electrons. The summed E-state index contributed by atoms with van der Waals surface area (Å²) < 4.78 is 19.7. The predicted octanol–water partition coefficient (Wildman–Crippen LogP) is 3.10. The van der Waals surface area contributed by atoms with Crippen LogP contribution in [0, 0.1) is 12.7 Å². The molecule has 29 heavy (non-hydrogen) atoms. The number of fused-ring (bicyclic) bond motifs is 1. The van der Waals surface area contributed by atoms with Gasteiger partial charge in [-0.3, -0.25) is 9.59 Å². The van der Waals surface area contributed by atoms with E-state index in [4.69, 9.17) is 10.5 Å². The number of carbonyl (C=O) groups excluding carboxylic acids is 2. The zero-order valence-corrected chi connectivity index (χ0v) is 16.1. The zero-order valence-electron chi connectivity index (χ0n) is 15.3. The van der Waals surface area contributed by atoms with Crippen molar-refractivity contribution in [3.05, 3.63) is 63.5 Å². The van der Waals surface area contributed by atoms with Crippen molar-refractivity contribution in [2.75, 3.05) is 16.4 Å². The number of nitrogen functional groups attached to an aromatic ring is 1. The Hall–Kier alpha value is -3.37. The van der Waals surface area contributed by atoms with Crippen molar-refractivity contribution in [3.8, 4) is 0 Å². The maximum atomic E-state index is 14.4. The predicted molar refractivity (Wildman–Crippen MR) is 106 cm³/mol. The van der Waals surface area contributed by atoms with Crippen LogP contribution in [-0.4, -0.2) is 21.8 Å². The first-order valence-corrected chi connectivity index (χ1v) is 9.43. The second-order valence-electron chi connectivity index (χ2n) is 6.41. The Morgan fingerprint density at radius 3 is 2.79 bits per heavy atom. The topological polar surface area (TPSA) is 119 Å². The number of anilines is 3. The van der Waals surface area contributed by atoms with Crippen LogP contribution in [-0.2, 0) is 18.0 Å². The average molecular weight is 413 g/mol. The molecule has 0 saturated carbocycles. The summed E-state index contributed by atoms with van der Waals surface area (Å²) in [5.41, 5.74) is 7.80. The van der Waals surface area contributed by atoms with Crippen molar-refractivity contribution in [2.24, 2.45) is 0 Å². The Balaban J connectivity index is 1.56. The van der Waals surface area contributed by atoms with Crippen LogP contribution in [0.15, 0.2) is 30.5 Å². The van der Waals surface area contributed by atoms with Gasteiger partial charge in [-0.1, -0.05) is 17.4 Å². The van der Waals surface area contributed by atoms with Gasteiger partial charge in [-0.2, -0.15) is 0 Å². The third kappa shape index (κ3) is 3.93. The van der Waals surface area contributed by atoms with Crippen molar-refractivity contribution in [1.82, 2.24) is 9.97 Å². The lowest BCUT2D eigenvalue weighted by Gasteiger charge is -2.12. The molecular weight excluding hydrogens is 397 g/mol. The fraction of sp³-hybridized carbons (Fsp3) is 0.158. The summed E-state index contributed by atoms with van der Waals surface area (Å²) >= 11 is 1.03. The lowest BCUT2D eigenvalue weighted by Crippen LogP contribution is -2.17. The first kappa shape index (κ1) is 19.0. The number of thiazole rings is 1. The zero-order chi connectivity index (χ0) is 20.5. The highest BCUT2D eigenvalue weighted by molar-refractivity contribution is 7.17. The summed E-state index contributed by atoms with van der Waals surface area (Å²) in [7, 11) is 0. The highest BCUT2D eigenvalue weighted by atomic mass is 32.1. The number of pyridine rings is 1. The number of aromatic nitrogens is 2. The van der Waals surface area contributed by atoms with Gasteiger partial charge in [0.15, 0.2) is 5.13 Å². The van der Waals surface area contributed by atoms with Gasteiger partial charge in [0.1, 0.15) is 16.5 Å². The molecule has 0 bridgehead atoms. The number of nitrogens with one attached hydrogen (secondary N) is 2. The molecule has 0 unspecified atom stereocenters. The van der Waals surface area contributed by atoms with Crippen LogP contribution >= 0.6 is 11.3 Å². The Morgan fingerprint density at radius 2 is 2.03 bits per heavy atom. The number of hydrogen-bond donors (Lipinski definition) is 3. The van der Waals surface area contributed by atoms with E-state index in [0.717, 1.165) is 22.6 Å². The second kappa shape index (κ2) is 7.57. The summed E-state index contributed by atoms with van der Waals surface area (Å²) in [6.07, 6.45) is 1.35. The van der Waals surface area contributed by atoms with Gasteiger partial charge < -0.3 is 21.1 Å². The summed E-state index contributed by atoms with van der Waals surface area (Å²) in [4.78, 5) is 33.4. The van der Waals surface area contributed by atoms with Gasteiger partial charge in [-0.15, -0.1) is 0 Å². The van der Waals surface area contributed by atoms with Gasteiger partial charge in [0.2, 0.25) is 0 Å². The number of carbonyl (C=O) groups is 2. The fourth-order valence-corrected chi connectivity index (χ4v) is 3.44. The molecule has 2 amide bonds. The number of amides is 2. The molecule has 0 saturated heterocycles. The normalized spacial score (nSPS) is 12.5. The molecule has 0 fully saturated rings. The minimum absolute atomic E-state index is 0.215. The number of hydrogen-bond acceptors (Lipinski definition) is 7. The van der Waals surface area contributed by atoms with E-state index >= 15 is 0 Å². The minimum atomic E-state index is -0.704. The molecule has 0 atom stereocenters. The first-order chi connectivity index (χ1) is 13.9. The highest BCUT2D eigenvalue weighted by Crippen LogP contribution is 2.24. The summed E-state index contributed by atoms with van der Waals surface area (Å²) in [6, 6.07) is 5.92. The van der Waals surface area contributed by atoms with Crippen LogP contribution in [0.2, 0.25) is 0 Å². The quantitative estimate of drug-likeness (QED) is 0.605. The third-order valence-corrected chi connectivity index (χ3v) is 5.19. The van der Waals surface area contributed by atoms with E-state index in [9.17, 15) is 14.0 Å². The number of nitrogens with two attached hydrogens (primary N) is 1.